The Bertz CT molecular complexity index is 873. The Morgan fingerprint density at radius 1 is 1.15 bits per heavy atom. The Balaban J connectivity index is 2.13. The van der Waals surface area contributed by atoms with Crippen molar-refractivity contribution in [2.75, 3.05) is 18.9 Å². The van der Waals surface area contributed by atoms with Crippen LogP contribution in [0.2, 0.25) is 5.02 Å². The molecule has 0 saturated carbocycles. The third-order valence-electron chi connectivity index (χ3n) is 3.76. The van der Waals surface area contributed by atoms with Crippen LogP contribution in [0, 0.1) is 13.8 Å². The van der Waals surface area contributed by atoms with E-state index in [1.165, 1.54) is 18.2 Å². The first-order valence-corrected chi connectivity index (χ1v) is 8.25. The number of anilines is 1. The highest BCUT2D eigenvalue weighted by molar-refractivity contribution is 6.31. The summed E-state index contributed by atoms with van der Waals surface area (Å²) in [6.45, 7) is 4.71. The maximum absolute atomic E-state index is 12.5. The van der Waals surface area contributed by atoms with Crippen LogP contribution in [0.5, 0.6) is 0 Å². The third kappa shape index (κ3) is 4.05. The lowest BCUT2D eigenvalue weighted by Gasteiger charge is -2.07. The minimum absolute atomic E-state index is 0.122. The topological polar surface area (TPSA) is 111 Å². The van der Waals surface area contributed by atoms with Crippen molar-refractivity contribution < 1.29 is 23.9 Å². The van der Waals surface area contributed by atoms with Crippen LogP contribution >= 0.6 is 11.6 Å². The van der Waals surface area contributed by atoms with E-state index in [9.17, 15) is 14.4 Å². The summed E-state index contributed by atoms with van der Waals surface area (Å²) in [5, 5.41) is 0.389. The molecule has 2 rings (SSSR count). The van der Waals surface area contributed by atoms with Crippen LogP contribution in [0.25, 0.3) is 0 Å². The van der Waals surface area contributed by atoms with Gasteiger partial charge in [0.1, 0.15) is 5.69 Å². The zero-order valence-corrected chi connectivity index (χ0v) is 15.4. The second-order valence-electron chi connectivity index (χ2n) is 5.58. The molecule has 1 aromatic carbocycles. The van der Waals surface area contributed by atoms with Crippen molar-refractivity contribution in [1.82, 2.24) is 4.98 Å². The van der Waals surface area contributed by atoms with Crippen LogP contribution in [-0.4, -0.2) is 35.9 Å². The number of nitrogen functional groups attached to an aromatic ring is 1. The zero-order valence-electron chi connectivity index (χ0n) is 14.6. The average Bonchev–Trinajstić information content (AvgIpc) is 2.87. The largest absolute Gasteiger partial charge is 0.461 e. The molecule has 3 N–H and O–H groups in total. The van der Waals surface area contributed by atoms with Gasteiger partial charge in [0.2, 0.25) is 5.78 Å². The number of nitrogens with one attached hydrogen (secondary N) is 1. The van der Waals surface area contributed by atoms with Gasteiger partial charge in [-0.3, -0.25) is 4.79 Å². The summed E-state index contributed by atoms with van der Waals surface area (Å²) >= 11 is 5.79. The summed E-state index contributed by atoms with van der Waals surface area (Å²) < 4.78 is 9.99. The first-order chi connectivity index (χ1) is 12.3. The smallest absolute Gasteiger partial charge is 0.355 e. The fourth-order valence-electron chi connectivity index (χ4n) is 2.58. The van der Waals surface area contributed by atoms with Gasteiger partial charge in [0.05, 0.1) is 12.2 Å². The molecule has 0 saturated heterocycles. The average molecular weight is 379 g/mol. The first-order valence-electron chi connectivity index (χ1n) is 7.87. The fourth-order valence-corrected chi connectivity index (χ4v) is 2.76. The number of carbonyl (C=O) groups is 3. The van der Waals surface area contributed by atoms with Crippen molar-refractivity contribution in [1.29, 1.82) is 0 Å². The predicted molar refractivity (Wildman–Crippen MR) is 96.7 cm³/mol. The molecule has 0 radical (unpaired) electrons. The molecule has 138 valence electrons. The maximum Gasteiger partial charge on any atom is 0.355 e. The number of H-pyrrole nitrogens is 1. The molecule has 0 fully saturated rings. The lowest BCUT2D eigenvalue weighted by atomic mass is 10.1. The van der Waals surface area contributed by atoms with E-state index >= 15 is 0 Å². The van der Waals surface area contributed by atoms with Crippen molar-refractivity contribution in [2.24, 2.45) is 0 Å². The summed E-state index contributed by atoms with van der Waals surface area (Å²) in [7, 11) is 0. The highest BCUT2D eigenvalue weighted by atomic mass is 35.5. The molecule has 7 nitrogen and oxygen atoms in total. The van der Waals surface area contributed by atoms with E-state index in [1.54, 1.807) is 20.8 Å². The number of hydrogen-bond donors (Lipinski definition) is 2. The molecule has 8 heteroatoms. The van der Waals surface area contributed by atoms with Gasteiger partial charge >= 0.3 is 11.9 Å². The number of Topliss-reactive ketones (excluding diaryl/α,β-unsaturated/α-hetero) is 1. The number of carbonyl (C=O) groups excluding carboxylic acids is 3. The van der Waals surface area contributed by atoms with E-state index in [1.807, 2.05) is 0 Å². The predicted octanol–water partition coefficient (Wildman–Crippen LogP) is 3.08. The lowest BCUT2D eigenvalue weighted by molar-refractivity contribution is 0.0474. The normalized spacial score (nSPS) is 10.5. The van der Waals surface area contributed by atoms with E-state index in [0.29, 0.717) is 21.8 Å². The van der Waals surface area contributed by atoms with E-state index in [4.69, 9.17) is 26.8 Å². The van der Waals surface area contributed by atoms with E-state index < -0.39 is 24.3 Å². The number of aromatic nitrogens is 1. The molecule has 0 unspecified atom stereocenters. The summed E-state index contributed by atoms with van der Waals surface area (Å²) in [5.74, 6) is -1.71. The molecule has 26 heavy (non-hydrogen) atoms. The third-order valence-corrected chi connectivity index (χ3v) is 4.00. The summed E-state index contributed by atoms with van der Waals surface area (Å²) in [6.07, 6.45) is 0. The van der Waals surface area contributed by atoms with Crippen molar-refractivity contribution in [2.45, 2.75) is 20.8 Å². The van der Waals surface area contributed by atoms with Gasteiger partial charge in [-0.2, -0.15) is 0 Å². The van der Waals surface area contributed by atoms with Gasteiger partial charge in [0.15, 0.2) is 6.61 Å². The number of benzene rings is 1. The number of aromatic amines is 1. The molecular formula is C18H19ClN2O5. The molecule has 0 bridgehead atoms. The summed E-state index contributed by atoms with van der Waals surface area (Å²) in [5.41, 5.74) is 7.46. The van der Waals surface area contributed by atoms with Gasteiger partial charge in [0.25, 0.3) is 0 Å². The monoisotopic (exact) mass is 378 g/mol. The Morgan fingerprint density at radius 2 is 1.85 bits per heavy atom. The maximum atomic E-state index is 12.5. The fraction of sp³-hybridized carbons (Fsp3) is 0.278. The highest BCUT2D eigenvalue weighted by Gasteiger charge is 2.24. The number of hydrogen-bond acceptors (Lipinski definition) is 6. The lowest BCUT2D eigenvalue weighted by Crippen LogP contribution is -2.16. The standard InChI is InChI=1S/C18H19ClN2O5/c1-4-25-18(24)16-9(2)15(10(3)21-16)14(22)8-26-17(23)12-6-5-11(19)7-13(12)20/h5-7,21H,4,8,20H2,1-3H3. The Labute approximate surface area is 155 Å². The minimum Gasteiger partial charge on any atom is -0.461 e. The van der Waals surface area contributed by atoms with E-state index in [0.717, 1.165) is 0 Å². The van der Waals surface area contributed by atoms with Gasteiger partial charge in [-0.15, -0.1) is 0 Å². The van der Waals surface area contributed by atoms with E-state index in [2.05, 4.69) is 4.98 Å². The van der Waals surface area contributed by atoms with Gasteiger partial charge in [-0.25, -0.2) is 9.59 Å². The number of ether oxygens (including phenoxy) is 2. The van der Waals surface area contributed by atoms with Crippen molar-refractivity contribution >= 4 is 35.0 Å². The minimum atomic E-state index is -0.732. The van der Waals surface area contributed by atoms with Gasteiger partial charge < -0.3 is 20.2 Å². The van der Waals surface area contributed by atoms with Crippen LogP contribution in [0.15, 0.2) is 18.2 Å². The summed E-state index contributed by atoms with van der Waals surface area (Å²) in [4.78, 5) is 39.3. The number of halogens is 1. The van der Waals surface area contributed by atoms with Gasteiger partial charge in [-0.1, -0.05) is 11.6 Å². The molecule has 1 heterocycles. The second kappa shape index (κ2) is 8.05. The Morgan fingerprint density at radius 3 is 2.46 bits per heavy atom. The van der Waals surface area contributed by atoms with Crippen LogP contribution in [0.1, 0.15) is 49.4 Å². The molecule has 2 aromatic rings. The molecule has 0 amide bonds. The molecule has 0 aliphatic carbocycles. The molecule has 1 aromatic heterocycles. The number of aryl methyl sites for hydroxylation is 1. The molecular weight excluding hydrogens is 360 g/mol. The van der Waals surface area contributed by atoms with Gasteiger partial charge in [-0.05, 0) is 44.5 Å². The second-order valence-corrected chi connectivity index (χ2v) is 6.01. The quantitative estimate of drug-likeness (QED) is 0.454. The molecule has 0 spiro atoms. The van der Waals surface area contributed by atoms with E-state index in [-0.39, 0.29) is 23.6 Å². The van der Waals surface area contributed by atoms with Crippen LogP contribution in [-0.2, 0) is 9.47 Å². The first kappa shape index (κ1) is 19.5. The summed E-state index contributed by atoms with van der Waals surface area (Å²) in [6, 6.07) is 4.35. The molecule has 0 atom stereocenters. The van der Waals surface area contributed by atoms with Crippen molar-refractivity contribution in [3.05, 3.63) is 51.3 Å². The van der Waals surface area contributed by atoms with Gasteiger partial charge in [0, 0.05) is 22.0 Å². The van der Waals surface area contributed by atoms with Crippen LogP contribution in [0.4, 0.5) is 5.69 Å². The van der Waals surface area contributed by atoms with Crippen molar-refractivity contribution in [3.8, 4) is 0 Å². The van der Waals surface area contributed by atoms with Crippen molar-refractivity contribution in [3.63, 3.8) is 0 Å². The highest BCUT2D eigenvalue weighted by Crippen LogP contribution is 2.21. The number of esters is 2. The zero-order chi connectivity index (χ0) is 19.4. The number of ketones is 1. The Hall–Kier alpha value is -2.80. The van der Waals surface area contributed by atoms with Crippen LogP contribution < -0.4 is 5.73 Å². The van der Waals surface area contributed by atoms with Crippen LogP contribution in [0.3, 0.4) is 0 Å². The number of rotatable bonds is 6. The molecule has 0 aliphatic rings. The number of nitrogens with two attached hydrogens (primary N) is 1. The SMILES string of the molecule is CCOC(=O)c1[nH]c(C)c(C(=O)COC(=O)c2ccc(Cl)cc2N)c1C. The molecule has 0 aliphatic heterocycles. The Kier molecular flexibility index (Phi) is 6.05.